The summed E-state index contributed by atoms with van der Waals surface area (Å²) in [5, 5.41) is 8.81. The van der Waals surface area contributed by atoms with Crippen LogP contribution >= 0.6 is 12.6 Å². The van der Waals surface area contributed by atoms with Crippen molar-refractivity contribution in [1.82, 2.24) is 0 Å². The summed E-state index contributed by atoms with van der Waals surface area (Å²) >= 11 is 4.23. The summed E-state index contributed by atoms with van der Waals surface area (Å²) in [6, 6.07) is 5.32. The number of esters is 1. The van der Waals surface area contributed by atoms with E-state index in [1.165, 1.54) is 0 Å². The summed E-state index contributed by atoms with van der Waals surface area (Å²) in [6.07, 6.45) is 0.664. The molecule has 1 rings (SSSR count). The van der Waals surface area contributed by atoms with Gasteiger partial charge in [0, 0.05) is 4.90 Å². The van der Waals surface area contributed by atoms with Gasteiger partial charge in [0.15, 0.2) is 0 Å². The van der Waals surface area contributed by atoms with Crippen molar-refractivity contribution in [2.75, 3.05) is 6.61 Å². The first-order valence-electron chi connectivity index (χ1n) is 5.07. The molecule has 0 aliphatic rings. The molecule has 0 aliphatic carbocycles. The maximum Gasteiger partial charge on any atom is 0.339 e. The summed E-state index contributed by atoms with van der Waals surface area (Å²) in [5.41, 5.74) is 1.77. The lowest BCUT2D eigenvalue weighted by Crippen LogP contribution is -2.09. The molecule has 0 atom stereocenters. The molecule has 84 valence electrons. The van der Waals surface area contributed by atoms with Crippen LogP contribution in [0.3, 0.4) is 0 Å². The number of rotatable bonds is 3. The number of thiol groups is 1. The van der Waals surface area contributed by atoms with Crippen molar-refractivity contribution in [3.8, 4) is 6.07 Å². The molecule has 0 saturated carbocycles. The molecule has 0 radical (unpaired) electrons. The van der Waals surface area contributed by atoms with E-state index >= 15 is 0 Å². The molecule has 0 amide bonds. The highest BCUT2D eigenvalue weighted by atomic mass is 32.1. The second-order valence-electron chi connectivity index (χ2n) is 3.22. The van der Waals surface area contributed by atoms with Gasteiger partial charge in [-0.15, -0.1) is 12.6 Å². The number of nitriles is 1. The Morgan fingerprint density at radius 2 is 2.19 bits per heavy atom. The maximum atomic E-state index is 11.7. The predicted octanol–water partition coefficient (Wildman–Crippen LogP) is 2.59. The van der Waals surface area contributed by atoms with Crippen molar-refractivity contribution in [1.29, 1.82) is 5.26 Å². The van der Waals surface area contributed by atoms with E-state index in [1.807, 2.05) is 13.0 Å². The van der Waals surface area contributed by atoms with Crippen molar-refractivity contribution in [3.05, 3.63) is 28.8 Å². The fourth-order valence-corrected chi connectivity index (χ4v) is 1.84. The van der Waals surface area contributed by atoms with Gasteiger partial charge in [-0.1, -0.05) is 6.92 Å². The van der Waals surface area contributed by atoms with E-state index in [-0.39, 0.29) is 5.97 Å². The van der Waals surface area contributed by atoms with Crippen LogP contribution in [0.15, 0.2) is 17.0 Å². The van der Waals surface area contributed by atoms with Crippen molar-refractivity contribution in [2.24, 2.45) is 0 Å². The quantitative estimate of drug-likeness (QED) is 0.647. The number of carbonyl (C=O) groups excluding carboxylic acids is 1. The van der Waals surface area contributed by atoms with E-state index in [0.29, 0.717) is 29.1 Å². The molecule has 0 unspecified atom stereocenters. The van der Waals surface area contributed by atoms with Crippen LogP contribution in [0, 0.1) is 11.3 Å². The average Bonchev–Trinajstić information content (AvgIpc) is 2.27. The Kier molecular flexibility index (Phi) is 4.39. The first kappa shape index (κ1) is 12.6. The lowest BCUT2D eigenvalue weighted by atomic mass is 10.0. The lowest BCUT2D eigenvalue weighted by Gasteiger charge is -2.10. The number of nitrogens with zero attached hydrogens (tertiary/aromatic N) is 1. The Labute approximate surface area is 100 Å². The van der Waals surface area contributed by atoms with E-state index in [2.05, 4.69) is 12.6 Å². The molecule has 0 spiro atoms. The maximum absolute atomic E-state index is 11.7. The second kappa shape index (κ2) is 5.57. The molecule has 0 aromatic heterocycles. The topological polar surface area (TPSA) is 50.1 Å². The van der Waals surface area contributed by atoms with Crippen molar-refractivity contribution in [2.45, 2.75) is 25.2 Å². The number of ether oxygens (including phenoxy) is 1. The van der Waals surface area contributed by atoms with E-state index in [9.17, 15) is 4.79 Å². The molecule has 0 saturated heterocycles. The molecule has 0 aliphatic heterocycles. The van der Waals surface area contributed by atoms with Gasteiger partial charge in [0.1, 0.15) is 0 Å². The summed E-state index contributed by atoms with van der Waals surface area (Å²) in [4.78, 5) is 12.2. The molecule has 4 heteroatoms. The number of benzene rings is 1. The molecule has 16 heavy (non-hydrogen) atoms. The van der Waals surface area contributed by atoms with E-state index in [0.717, 1.165) is 5.56 Å². The van der Waals surface area contributed by atoms with Crippen LogP contribution in [-0.4, -0.2) is 12.6 Å². The van der Waals surface area contributed by atoms with Gasteiger partial charge in [-0.05, 0) is 31.0 Å². The highest BCUT2D eigenvalue weighted by Gasteiger charge is 2.16. The van der Waals surface area contributed by atoms with E-state index < -0.39 is 0 Å². The van der Waals surface area contributed by atoms with Crippen molar-refractivity contribution >= 4 is 18.6 Å². The Morgan fingerprint density at radius 1 is 1.50 bits per heavy atom. The zero-order valence-corrected chi connectivity index (χ0v) is 10.2. The first-order chi connectivity index (χ1) is 7.63. The van der Waals surface area contributed by atoms with Crippen LogP contribution in [0.5, 0.6) is 0 Å². The average molecular weight is 235 g/mol. The van der Waals surface area contributed by atoms with Gasteiger partial charge in [-0.2, -0.15) is 5.26 Å². The van der Waals surface area contributed by atoms with Gasteiger partial charge in [-0.25, -0.2) is 4.79 Å². The van der Waals surface area contributed by atoms with Gasteiger partial charge in [0.05, 0.1) is 23.8 Å². The van der Waals surface area contributed by atoms with Gasteiger partial charge < -0.3 is 4.74 Å². The lowest BCUT2D eigenvalue weighted by molar-refractivity contribution is 0.0521. The Hall–Kier alpha value is -1.47. The number of hydrogen-bond acceptors (Lipinski definition) is 4. The van der Waals surface area contributed by atoms with Crippen molar-refractivity contribution in [3.63, 3.8) is 0 Å². The van der Waals surface area contributed by atoms with Crippen LogP contribution < -0.4 is 0 Å². The van der Waals surface area contributed by atoms with Crippen molar-refractivity contribution < 1.29 is 9.53 Å². The zero-order chi connectivity index (χ0) is 12.1. The van der Waals surface area contributed by atoms with Crippen LogP contribution in [0.4, 0.5) is 0 Å². The summed E-state index contributed by atoms with van der Waals surface area (Å²) in [6.45, 7) is 4.01. The Bertz CT molecular complexity index is 449. The molecule has 0 bridgehead atoms. The largest absolute Gasteiger partial charge is 0.462 e. The molecule has 0 N–H and O–H groups in total. The normalized spacial score (nSPS) is 9.62. The number of aryl methyl sites for hydroxylation is 1. The fourth-order valence-electron chi connectivity index (χ4n) is 1.47. The SMILES string of the molecule is CCOC(=O)c1c(S)cc(C#N)cc1CC. The summed E-state index contributed by atoms with van der Waals surface area (Å²) < 4.78 is 4.95. The van der Waals surface area contributed by atoms with Gasteiger partial charge in [0.2, 0.25) is 0 Å². The third-order valence-corrected chi connectivity index (χ3v) is 2.54. The summed E-state index contributed by atoms with van der Waals surface area (Å²) in [7, 11) is 0. The van der Waals surface area contributed by atoms with Gasteiger partial charge >= 0.3 is 5.97 Å². The number of carbonyl (C=O) groups is 1. The van der Waals surface area contributed by atoms with Gasteiger partial charge in [-0.3, -0.25) is 0 Å². The standard InChI is InChI=1S/C12H13NO2S/c1-3-9-5-8(7-13)6-10(16)11(9)12(14)15-4-2/h5-6,16H,3-4H2,1-2H3. The highest BCUT2D eigenvalue weighted by Crippen LogP contribution is 2.22. The highest BCUT2D eigenvalue weighted by molar-refractivity contribution is 7.80. The summed E-state index contributed by atoms with van der Waals surface area (Å²) in [5.74, 6) is -0.381. The first-order valence-corrected chi connectivity index (χ1v) is 5.51. The molecular formula is C12H13NO2S. The minimum atomic E-state index is -0.381. The Morgan fingerprint density at radius 3 is 2.69 bits per heavy atom. The van der Waals surface area contributed by atoms with Crippen LogP contribution in [0.2, 0.25) is 0 Å². The smallest absolute Gasteiger partial charge is 0.339 e. The van der Waals surface area contributed by atoms with Gasteiger partial charge in [0.25, 0.3) is 0 Å². The molecule has 3 nitrogen and oxygen atoms in total. The minimum Gasteiger partial charge on any atom is -0.462 e. The van der Waals surface area contributed by atoms with Crippen LogP contribution in [-0.2, 0) is 11.2 Å². The second-order valence-corrected chi connectivity index (χ2v) is 3.70. The monoisotopic (exact) mass is 235 g/mol. The molecule has 1 aromatic carbocycles. The Balaban J connectivity index is 3.28. The molecular weight excluding hydrogens is 222 g/mol. The van der Waals surface area contributed by atoms with E-state index in [1.54, 1.807) is 19.1 Å². The molecule has 0 heterocycles. The molecule has 1 aromatic rings. The van der Waals surface area contributed by atoms with Crippen LogP contribution in [0.25, 0.3) is 0 Å². The number of hydrogen-bond donors (Lipinski definition) is 1. The third-order valence-electron chi connectivity index (χ3n) is 2.19. The molecule has 0 fully saturated rings. The minimum absolute atomic E-state index is 0.329. The zero-order valence-electron chi connectivity index (χ0n) is 9.28. The van der Waals surface area contributed by atoms with Crippen LogP contribution in [0.1, 0.15) is 35.3 Å². The van der Waals surface area contributed by atoms with E-state index in [4.69, 9.17) is 10.00 Å². The fraction of sp³-hybridized carbons (Fsp3) is 0.333. The third kappa shape index (κ3) is 2.56. The predicted molar refractivity (Wildman–Crippen MR) is 63.7 cm³/mol.